The first-order chi connectivity index (χ1) is 12.9. The molecule has 2 N–H and O–H groups in total. The fraction of sp³-hybridized carbons (Fsp3) is 0.579. The number of carbonyl (C=O) groups excluding carboxylic acids is 1. The van der Waals surface area contributed by atoms with Crippen LogP contribution in [0, 0.1) is 5.82 Å². The molecule has 0 bridgehead atoms. The van der Waals surface area contributed by atoms with Crippen molar-refractivity contribution in [3.05, 3.63) is 35.6 Å². The summed E-state index contributed by atoms with van der Waals surface area (Å²) in [5.74, 6) is 0.951. The lowest BCUT2D eigenvalue weighted by molar-refractivity contribution is -0.131. The van der Waals surface area contributed by atoms with Crippen LogP contribution >= 0.6 is 24.0 Å². The Morgan fingerprint density at radius 2 is 2.04 bits per heavy atom. The summed E-state index contributed by atoms with van der Waals surface area (Å²) in [5, 5.41) is 7.56. The summed E-state index contributed by atoms with van der Waals surface area (Å²) in [6.07, 6.45) is 4.64. The van der Waals surface area contributed by atoms with Crippen LogP contribution in [-0.2, 0) is 11.3 Å². The quantitative estimate of drug-likeness (QED) is 0.726. The van der Waals surface area contributed by atoms with Crippen molar-refractivity contribution in [3.8, 4) is 0 Å². The van der Waals surface area contributed by atoms with Crippen LogP contribution in [0.2, 0.25) is 0 Å². The van der Waals surface area contributed by atoms with Crippen LogP contribution in [0.25, 0.3) is 0 Å². The number of nitrogens with one attached hydrogen (secondary N) is 2. The molecule has 0 aromatic heterocycles. The van der Waals surface area contributed by atoms with E-state index >= 15 is 0 Å². The molecule has 2 aliphatic rings. The van der Waals surface area contributed by atoms with Gasteiger partial charge in [0, 0.05) is 39.5 Å². The molecule has 2 aliphatic heterocycles. The molecule has 1 unspecified atom stereocenters. The highest BCUT2D eigenvalue weighted by Crippen LogP contribution is 2.32. The van der Waals surface area contributed by atoms with Gasteiger partial charge in [0.2, 0.25) is 5.91 Å². The van der Waals surface area contributed by atoms with Gasteiger partial charge < -0.3 is 15.1 Å². The Morgan fingerprint density at radius 3 is 2.67 bits per heavy atom. The summed E-state index contributed by atoms with van der Waals surface area (Å²) in [4.78, 5) is 16.6. The number of benzene rings is 1. The van der Waals surface area contributed by atoms with Gasteiger partial charge in [-0.3, -0.25) is 10.1 Å². The van der Waals surface area contributed by atoms with Crippen molar-refractivity contribution >= 4 is 35.0 Å². The Labute approximate surface area is 170 Å². The fourth-order valence-electron chi connectivity index (χ4n) is 3.81. The molecular weight excluding hydrogens is 383 g/mol. The van der Waals surface area contributed by atoms with Gasteiger partial charge in [-0.05, 0) is 48.3 Å². The number of hydrogen-bond donors (Lipinski definition) is 2. The molecule has 0 aliphatic carbocycles. The summed E-state index contributed by atoms with van der Waals surface area (Å²) in [6.45, 7) is 2.18. The summed E-state index contributed by atoms with van der Waals surface area (Å²) in [5.41, 5.74) is 0.745. The Kier molecular flexibility index (Phi) is 6.60. The number of rotatable bonds is 5. The lowest BCUT2D eigenvalue weighted by Gasteiger charge is -2.44. The molecule has 1 amide bonds. The minimum Gasteiger partial charge on any atom is -0.358 e. The van der Waals surface area contributed by atoms with Crippen molar-refractivity contribution in [2.24, 2.45) is 0 Å². The van der Waals surface area contributed by atoms with Gasteiger partial charge in [-0.2, -0.15) is 11.8 Å². The van der Waals surface area contributed by atoms with E-state index in [0.717, 1.165) is 43.7 Å². The monoisotopic (exact) mass is 410 g/mol. The molecule has 2 heterocycles. The van der Waals surface area contributed by atoms with Gasteiger partial charge in [0.15, 0.2) is 5.11 Å². The Morgan fingerprint density at radius 1 is 1.37 bits per heavy atom. The fourth-order valence-corrected chi connectivity index (χ4v) is 4.54. The summed E-state index contributed by atoms with van der Waals surface area (Å²) < 4.78 is 13.0. The van der Waals surface area contributed by atoms with Crippen LogP contribution in [0.15, 0.2) is 24.3 Å². The third kappa shape index (κ3) is 4.55. The van der Waals surface area contributed by atoms with E-state index in [2.05, 4.69) is 21.8 Å². The van der Waals surface area contributed by atoms with Crippen molar-refractivity contribution in [2.45, 2.75) is 37.5 Å². The van der Waals surface area contributed by atoms with E-state index in [-0.39, 0.29) is 23.4 Å². The average molecular weight is 411 g/mol. The second-order valence-corrected chi connectivity index (χ2v) is 8.55. The number of likely N-dealkylation sites (tertiary alicyclic amines) is 1. The van der Waals surface area contributed by atoms with Crippen molar-refractivity contribution in [2.75, 3.05) is 32.1 Å². The van der Waals surface area contributed by atoms with Gasteiger partial charge in [-0.25, -0.2) is 4.39 Å². The molecule has 0 saturated carbocycles. The lowest BCUT2D eigenvalue weighted by atomic mass is 9.96. The van der Waals surface area contributed by atoms with Crippen LogP contribution in [0.5, 0.6) is 0 Å². The predicted molar refractivity (Wildman–Crippen MR) is 112 cm³/mol. The van der Waals surface area contributed by atoms with Gasteiger partial charge in [0.25, 0.3) is 0 Å². The maximum atomic E-state index is 13.0. The summed E-state index contributed by atoms with van der Waals surface area (Å²) in [7, 11) is 1.91. The topological polar surface area (TPSA) is 47.6 Å². The maximum absolute atomic E-state index is 13.0. The number of thioether (sulfide) groups is 1. The van der Waals surface area contributed by atoms with Crippen molar-refractivity contribution < 1.29 is 9.18 Å². The number of thiocarbonyl (C=S) groups is 1. The highest BCUT2D eigenvalue weighted by molar-refractivity contribution is 7.98. The molecular formula is C19H27FN4OS2. The molecule has 148 valence electrons. The maximum Gasteiger partial charge on any atom is 0.241 e. The molecule has 8 heteroatoms. The smallest absolute Gasteiger partial charge is 0.241 e. The highest BCUT2D eigenvalue weighted by atomic mass is 32.2. The van der Waals surface area contributed by atoms with E-state index in [9.17, 15) is 9.18 Å². The van der Waals surface area contributed by atoms with E-state index in [1.807, 2.05) is 11.9 Å². The second-order valence-electron chi connectivity index (χ2n) is 7.18. The van der Waals surface area contributed by atoms with Crippen molar-refractivity contribution in [1.82, 2.24) is 20.4 Å². The average Bonchev–Trinajstić information content (AvgIpc) is 2.91. The first-order valence-corrected chi connectivity index (χ1v) is 11.1. The molecule has 1 aromatic rings. The normalized spacial score (nSPS) is 21.7. The number of nitrogens with zero attached hydrogens (tertiary/aromatic N) is 2. The molecule has 2 fully saturated rings. The summed E-state index contributed by atoms with van der Waals surface area (Å²) >= 11 is 7.30. The van der Waals surface area contributed by atoms with E-state index in [0.29, 0.717) is 11.7 Å². The van der Waals surface area contributed by atoms with Gasteiger partial charge in [0.05, 0.1) is 11.7 Å². The molecule has 3 rings (SSSR count). The third-order valence-corrected chi connectivity index (χ3v) is 6.61. The first-order valence-electron chi connectivity index (χ1n) is 9.27. The van der Waals surface area contributed by atoms with Crippen LogP contribution in [0.3, 0.4) is 0 Å². The minimum atomic E-state index is -0.247. The van der Waals surface area contributed by atoms with E-state index in [1.165, 1.54) is 12.1 Å². The first kappa shape index (κ1) is 20.4. The third-order valence-electron chi connectivity index (χ3n) is 5.56. The number of halogens is 1. The highest BCUT2D eigenvalue weighted by Gasteiger charge is 2.49. The van der Waals surface area contributed by atoms with Crippen molar-refractivity contribution in [1.29, 1.82) is 0 Å². The van der Waals surface area contributed by atoms with E-state index in [4.69, 9.17) is 12.2 Å². The Balaban J connectivity index is 1.51. The zero-order valence-electron chi connectivity index (χ0n) is 15.8. The minimum absolute atomic E-state index is 0.0717. The number of likely N-dealkylation sites (N-methyl/N-ethyl adjacent to an activating group) is 1. The zero-order chi connectivity index (χ0) is 19.4. The Bertz CT molecular complexity index is 677. The Hall–Kier alpha value is -1.38. The van der Waals surface area contributed by atoms with Gasteiger partial charge in [0.1, 0.15) is 5.82 Å². The number of carbonyl (C=O) groups is 1. The van der Waals surface area contributed by atoms with Crippen LogP contribution in [-0.4, -0.2) is 64.7 Å². The SMILES string of the molecule is CSCCC1NC2(CCN(C(=S)NCc3ccc(F)cc3)CC2)N(C)C1=O. The van der Waals surface area contributed by atoms with E-state index < -0.39 is 0 Å². The molecule has 1 spiro atoms. The molecule has 0 radical (unpaired) electrons. The van der Waals surface area contributed by atoms with Crippen LogP contribution in [0.1, 0.15) is 24.8 Å². The molecule has 2 saturated heterocycles. The van der Waals surface area contributed by atoms with Crippen LogP contribution < -0.4 is 10.6 Å². The predicted octanol–water partition coefficient (Wildman–Crippen LogP) is 2.18. The van der Waals surface area contributed by atoms with Gasteiger partial charge in [-0.1, -0.05) is 12.1 Å². The van der Waals surface area contributed by atoms with Crippen molar-refractivity contribution in [3.63, 3.8) is 0 Å². The second kappa shape index (κ2) is 8.75. The lowest BCUT2D eigenvalue weighted by Crippen LogP contribution is -2.59. The van der Waals surface area contributed by atoms with Gasteiger partial charge >= 0.3 is 0 Å². The molecule has 1 aromatic carbocycles. The standard InChI is InChI=1S/C19H27FN4OS2/c1-23-17(25)16(7-12-27-2)22-19(23)8-10-24(11-9-19)18(26)21-13-14-3-5-15(20)6-4-14/h3-6,16,22H,7-13H2,1-2H3,(H,21,26). The molecule has 5 nitrogen and oxygen atoms in total. The molecule has 1 atom stereocenters. The number of hydrogen-bond acceptors (Lipinski definition) is 4. The zero-order valence-corrected chi connectivity index (χ0v) is 17.5. The number of piperidine rings is 1. The largest absolute Gasteiger partial charge is 0.358 e. The van der Waals surface area contributed by atoms with E-state index in [1.54, 1.807) is 23.9 Å². The van der Waals surface area contributed by atoms with Gasteiger partial charge in [-0.15, -0.1) is 0 Å². The molecule has 27 heavy (non-hydrogen) atoms. The number of amides is 1. The summed E-state index contributed by atoms with van der Waals surface area (Å²) in [6, 6.07) is 6.35. The van der Waals surface area contributed by atoms with Crippen LogP contribution in [0.4, 0.5) is 4.39 Å².